The molecular formula is C17H19N3O2S. The van der Waals surface area contributed by atoms with Crippen LogP contribution in [0.15, 0.2) is 36.5 Å². The highest BCUT2D eigenvalue weighted by Gasteiger charge is 2.29. The minimum atomic E-state index is -0.474. The monoisotopic (exact) mass is 329 g/mol. The number of nitrogens with two attached hydrogens (primary N) is 1. The van der Waals surface area contributed by atoms with Crippen LogP contribution in [-0.2, 0) is 4.79 Å². The lowest BCUT2D eigenvalue weighted by atomic mass is 10.2. The van der Waals surface area contributed by atoms with Crippen molar-refractivity contribution in [2.24, 2.45) is 5.73 Å². The normalized spacial score (nSPS) is 14.8. The third-order valence-corrected chi connectivity index (χ3v) is 5.12. The first kappa shape index (κ1) is 15.7. The third-order valence-electron chi connectivity index (χ3n) is 4.09. The Morgan fingerprint density at radius 2 is 1.91 bits per heavy atom. The fourth-order valence-corrected chi connectivity index (χ4v) is 3.86. The molecule has 0 saturated heterocycles. The summed E-state index contributed by atoms with van der Waals surface area (Å²) >= 11 is 1.35. The Hall–Kier alpha value is -2.21. The molecule has 1 fully saturated rings. The third kappa shape index (κ3) is 3.59. The first-order chi connectivity index (χ1) is 11.1. The number of aromatic nitrogens is 1. The van der Waals surface area contributed by atoms with Crippen LogP contribution in [0.25, 0.3) is 10.6 Å². The molecule has 2 amide bonds. The molecule has 0 bridgehead atoms. The van der Waals surface area contributed by atoms with Gasteiger partial charge in [-0.15, -0.1) is 11.3 Å². The number of hydrogen-bond acceptors (Lipinski definition) is 4. The van der Waals surface area contributed by atoms with Crippen LogP contribution in [0.5, 0.6) is 0 Å². The molecule has 1 saturated carbocycles. The lowest BCUT2D eigenvalue weighted by Crippen LogP contribution is -2.43. The van der Waals surface area contributed by atoms with E-state index in [1.54, 1.807) is 11.1 Å². The molecule has 0 aliphatic heterocycles. The molecular weight excluding hydrogens is 310 g/mol. The summed E-state index contributed by atoms with van der Waals surface area (Å²) in [6.45, 7) is -0.0257. The summed E-state index contributed by atoms with van der Waals surface area (Å²) < 4.78 is 0. The first-order valence-corrected chi connectivity index (χ1v) is 8.57. The van der Waals surface area contributed by atoms with Crippen molar-refractivity contribution >= 4 is 23.2 Å². The molecule has 0 radical (unpaired) electrons. The Bertz CT molecular complexity index is 693. The maximum absolute atomic E-state index is 12.8. The van der Waals surface area contributed by atoms with Gasteiger partial charge in [0.25, 0.3) is 5.91 Å². The number of amides is 2. The molecule has 1 aliphatic rings. The van der Waals surface area contributed by atoms with Gasteiger partial charge in [0.2, 0.25) is 5.91 Å². The molecule has 0 unspecified atom stereocenters. The molecule has 1 aliphatic carbocycles. The van der Waals surface area contributed by atoms with Crippen LogP contribution in [0.4, 0.5) is 0 Å². The zero-order valence-electron chi connectivity index (χ0n) is 12.8. The number of hydrogen-bond donors (Lipinski definition) is 1. The van der Waals surface area contributed by atoms with Gasteiger partial charge in [-0.25, -0.2) is 4.98 Å². The van der Waals surface area contributed by atoms with E-state index in [1.165, 1.54) is 11.3 Å². The van der Waals surface area contributed by atoms with Gasteiger partial charge >= 0.3 is 0 Å². The van der Waals surface area contributed by atoms with Gasteiger partial charge in [0.1, 0.15) is 9.88 Å². The SMILES string of the molecule is NC(=O)CN(C(=O)c1cnc(-c2ccccc2)s1)C1CCCC1. The van der Waals surface area contributed by atoms with Gasteiger partial charge in [-0.2, -0.15) is 0 Å². The fraction of sp³-hybridized carbons (Fsp3) is 0.353. The van der Waals surface area contributed by atoms with E-state index in [9.17, 15) is 9.59 Å². The maximum Gasteiger partial charge on any atom is 0.266 e. The van der Waals surface area contributed by atoms with Crippen molar-refractivity contribution in [2.45, 2.75) is 31.7 Å². The fourth-order valence-electron chi connectivity index (χ4n) is 2.98. The van der Waals surface area contributed by atoms with E-state index in [2.05, 4.69) is 4.98 Å². The highest BCUT2D eigenvalue weighted by atomic mass is 32.1. The molecule has 120 valence electrons. The van der Waals surface area contributed by atoms with Crippen molar-refractivity contribution in [2.75, 3.05) is 6.54 Å². The molecule has 1 heterocycles. The van der Waals surface area contributed by atoms with Crippen LogP contribution in [0.3, 0.4) is 0 Å². The minimum Gasteiger partial charge on any atom is -0.368 e. The molecule has 5 nitrogen and oxygen atoms in total. The van der Waals surface area contributed by atoms with E-state index in [-0.39, 0.29) is 18.5 Å². The van der Waals surface area contributed by atoms with Crippen molar-refractivity contribution in [3.8, 4) is 10.6 Å². The van der Waals surface area contributed by atoms with E-state index in [4.69, 9.17) is 5.73 Å². The van der Waals surface area contributed by atoms with Crippen molar-refractivity contribution in [1.29, 1.82) is 0 Å². The van der Waals surface area contributed by atoms with E-state index < -0.39 is 5.91 Å². The summed E-state index contributed by atoms with van der Waals surface area (Å²) in [5, 5.41) is 0.805. The Kier molecular flexibility index (Phi) is 4.71. The Morgan fingerprint density at radius 1 is 1.22 bits per heavy atom. The number of carbonyl (C=O) groups excluding carboxylic acids is 2. The molecule has 6 heteroatoms. The topological polar surface area (TPSA) is 76.3 Å². The maximum atomic E-state index is 12.8. The number of thiazole rings is 1. The van der Waals surface area contributed by atoms with Gasteiger partial charge in [-0.3, -0.25) is 9.59 Å². The van der Waals surface area contributed by atoms with Gasteiger partial charge < -0.3 is 10.6 Å². The van der Waals surface area contributed by atoms with Crippen LogP contribution < -0.4 is 5.73 Å². The molecule has 2 aromatic rings. The van der Waals surface area contributed by atoms with Gasteiger partial charge in [-0.05, 0) is 12.8 Å². The van der Waals surface area contributed by atoms with E-state index in [0.29, 0.717) is 4.88 Å². The van der Waals surface area contributed by atoms with Crippen molar-refractivity contribution < 1.29 is 9.59 Å². The highest BCUT2D eigenvalue weighted by Crippen LogP contribution is 2.29. The van der Waals surface area contributed by atoms with E-state index in [0.717, 1.165) is 36.3 Å². The van der Waals surface area contributed by atoms with E-state index in [1.807, 2.05) is 30.3 Å². The van der Waals surface area contributed by atoms with Crippen molar-refractivity contribution in [1.82, 2.24) is 9.88 Å². The number of rotatable bonds is 5. The summed E-state index contributed by atoms with van der Waals surface area (Å²) in [4.78, 5) is 30.7. The van der Waals surface area contributed by atoms with Crippen molar-refractivity contribution in [3.63, 3.8) is 0 Å². The summed E-state index contributed by atoms with van der Waals surface area (Å²) in [5.41, 5.74) is 6.31. The number of carbonyl (C=O) groups is 2. The van der Waals surface area contributed by atoms with Crippen LogP contribution in [0.1, 0.15) is 35.4 Å². The molecule has 23 heavy (non-hydrogen) atoms. The second-order valence-electron chi connectivity index (χ2n) is 5.73. The van der Waals surface area contributed by atoms with Crippen LogP contribution >= 0.6 is 11.3 Å². The number of nitrogens with zero attached hydrogens (tertiary/aromatic N) is 2. The number of primary amides is 1. The molecule has 0 spiro atoms. The predicted octanol–water partition coefficient (Wildman–Crippen LogP) is 2.68. The van der Waals surface area contributed by atoms with E-state index >= 15 is 0 Å². The van der Waals surface area contributed by atoms with Crippen molar-refractivity contribution in [3.05, 3.63) is 41.4 Å². The Balaban J connectivity index is 1.82. The lowest BCUT2D eigenvalue weighted by Gasteiger charge is -2.27. The molecule has 3 rings (SSSR count). The predicted molar refractivity (Wildman–Crippen MR) is 90.0 cm³/mol. The minimum absolute atomic E-state index is 0.0257. The average Bonchev–Trinajstić information content (AvgIpc) is 3.24. The van der Waals surface area contributed by atoms with Gasteiger partial charge in [0.15, 0.2) is 0 Å². The highest BCUT2D eigenvalue weighted by molar-refractivity contribution is 7.16. The molecule has 1 aromatic carbocycles. The number of benzene rings is 1. The molecule has 0 atom stereocenters. The lowest BCUT2D eigenvalue weighted by molar-refractivity contribution is -0.119. The van der Waals surface area contributed by atoms with Gasteiger partial charge in [-0.1, -0.05) is 43.2 Å². The standard InChI is InChI=1S/C17H19N3O2S/c18-15(21)11-20(13-8-4-5-9-13)17(22)14-10-19-16(23-14)12-6-2-1-3-7-12/h1-3,6-7,10,13H,4-5,8-9,11H2,(H2,18,21). The van der Waals surface area contributed by atoms with Gasteiger partial charge in [0.05, 0.1) is 12.7 Å². The summed E-state index contributed by atoms with van der Waals surface area (Å²) in [7, 11) is 0. The first-order valence-electron chi connectivity index (χ1n) is 7.75. The smallest absolute Gasteiger partial charge is 0.266 e. The largest absolute Gasteiger partial charge is 0.368 e. The Morgan fingerprint density at radius 3 is 2.57 bits per heavy atom. The average molecular weight is 329 g/mol. The van der Waals surface area contributed by atoms with Crippen LogP contribution in [0, 0.1) is 0 Å². The summed E-state index contributed by atoms with van der Waals surface area (Å²) in [6.07, 6.45) is 5.64. The van der Waals surface area contributed by atoms with Crippen LogP contribution in [-0.4, -0.2) is 34.3 Å². The zero-order chi connectivity index (χ0) is 16.2. The van der Waals surface area contributed by atoms with Crippen LogP contribution in [0.2, 0.25) is 0 Å². The summed E-state index contributed by atoms with van der Waals surface area (Å²) in [6, 6.07) is 9.86. The Labute approximate surface area is 139 Å². The zero-order valence-corrected chi connectivity index (χ0v) is 13.6. The summed E-state index contributed by atoms with van der Waals surface area (Å²) in [5.74, 6) is -0.617. The molecule has 1 aromatic heterocycles. The molecule has 2 N–H and O–H groups in total. The quantitative estimate of drug-likeness (QED) is 0.916. The second kappa shape index (κ2) is 6.91. The second-order valence-corrected chi connectivity index (χ2v) is 6.76. The van der Waals surface area contributed by atoms with Gasteiger partial charge in [0, 0.05) is 11.6 Å².